The normalized spacial score (nSPS) is 20.8. The van der Waals surface area contributed by atoms with Crippen LogP contribution in [-0.4, -0.2) is 45.6 Å². The van der Waals surface area contributed by atoms with E-state index in [2.05, 4.69) is 52.6 Å². The van der Waals surface area contributed by atoms with E-state index in [1.807, 2.05) is 25.1 Å². The third kappa shape index (κ3) is 3.73. The van der Waals surface area contributed by atoms with Gasteiger partial charge in [0.15, 0.2) is 0 Å². The molecule has 28 heavy (non-hydrogen) atoms. The predicted molar refractivity (Wildman–Crippen MR) is 114 cm³/mol. The number of nitrogens with zero attached hydrogens (tertiary/aromatic N) is 3. The molecule has 1 aliphatic heterocycles. The summed E-state index contributed by atoms with van der Waals surface area (Å²) in [5, 5.41) is 3.57. The highest BCUT2D eigenvalue weighted by Gasteiger charge is 2.27. The maximum Gasteiger partial charge on any atom is 0.279 e. The zero-order valence-electron chi connectivity index (χ0n) is 16.4. The van der Waals surface area contributed by atoms with Crippen molar-refractivity contribution >= 4 is 17.0 Å². The Labute approximate surface area is 164 Å². The standard InChI is InChI=1S/C22H27N5O/c1-3-4-12-27-21(28)20-19(10-11-23-20)25-22(27)24-18-13-17(14-26(2)15-18)16-8-6-5-7-9-16/h3-11,17-18,23H,12-15H2,1-2H3,(H,24,25)/t17-,18+/m0/s1. The summed E-state index contributed by atoms with van der Waals surface area (Å²) in [6.07, 6.45) is 6.71. The molecule has 0 aliphatic carbocycles. The Morgan fingerprint density at radius 3 is 2.86 bits per heavy atom. The number of aromatic amines is 1. The monoisotopic (exact) mass is 377 g/mol. The SMILES string of the molecule is CC=CCn1c(N[C@@H]2C[C@H](c3ccccc3)CN(C)C2)nc2cc[nH]c2c1=O. The molecule has 2 aromatic heterocycles. The molecule has 0 spiro atoms. The molecule has 0 unspecified atom stereocenters. The molecule has 2 N–H and O–H groups in total. The van der Waals surface area contributed by atoms with Crippen molar-refractivity contribution in [3.05, 3.63) is 70.7 Å². The predicted octanol–water partition coefficient (Wildman–Crippen LogP) is 3.20. The minimum absolute atomic E-state index is 0.0422. The van der Waals surface area contributed by atoms with E-state index in [9.17, 15) is 4.79 Å². The lowest BCUT2D eigenvalue weighted by Gasteiger charge is -2.36. The summed E-state index contributed by atoms with van der Waals surface area (Å²) in [7, 11) is 2.15. The highest BCUT2D eigenvalue weighted by Crippen LogP contribution is 2.27. The molecule has 1 fully saturated rings. The number of hydrogen-bond donors (Lipinski definition) is 2. The van der Waals surface area contributed by atoms with Gasteiger partial charge >= 0.3 is 0 Å². The molecular weight excluding hydrogens is 350 g/mol. The number of hydrogen-bond acceptors (Lipinski definition) is 4. The fraction of sp³-hybridized carbons (Fsp3) is 0.364. The number of likely N-dealkylation sites (tertiary alicyclic amines) is 1. The molecule has 146 valence electrons. The number of rotatable bonds is 5. The summed E-state index contributed by atoms with van der Waals surface area (Å²) < 4.78 is 1.71. The number of H-pyrrole nitrogens is 1. The van der Waals surface area contributed by atoms with E-state index >= 15 is 0 Å². The number of benzene rings is 1. The van der Waals surface area contributed by atoms with Gasteiger partial charge in [-0.3, -0.25) is 9.36 Å². The molecule has 0 radical (unpaired) electrons. The van der Waals surface area contributed by atoms with Gasteiger partial charge in [0.05, 0.1) is 5.52 Å². The Hall–Kier alpha value is -2.86. The first-order valence-corrected chi connectivity index (χ1v) is 9.85. The van der Waals surface area contributed by atoms with Crippen molar-refractivity contribution in [2.75, 3.05) is 25.5 Å². The Morgan fingerprint density at radius 1 is 1.25 bits per heavy atom. The molecule has 3 heterocycles. The number of nitrogens with one attached hydrogen (secondary N) is 2. The molecular formula is C22H27N5O. The van der Waals surface area contributed by atoms with Crippen LogP contribution >= 0.6 is 0 Å². The van der Waals surface area contributed by atoms with Gasteiger partial charge in [0.1, 0.15) is 5.52 Å². The maximum absolute atomic E-state index is 12.9. The molecule has 1 aliphatic rings. The van der Waals surface area contributed by atoms with Gasteiger partial charge in [0.2, 0.25) is 5.95 Å². The molecule has 6 heteroatoms. The average molecular weight is 377 g/mol. The summed E-state index contributed by atoms with van der Waals surface area (Å²) in [5.74, 6) is 1.10. The number of anilines is 1. The van der Waals surface area contributed by atoms with Gasteiger partial charge in [-0.25, -0.2) is 4.98 Å². The zero-order chi connectivity index (χ0) is 19.5. The van der Waals surface area contributed by atoms with Crippen LogP contribution in [0.4, 0.5) is 5.95 Å². The highest BCUT2D eigenvalue weighted by molar-refractivity contribution is 5.75. The largest absolute Gasteiger partial charge is 0.355 e. The van der Waals surface area contributed by atoms with Crippen LogP contribution in [0.5, 0.6) is 0 Å². The zero-order valence-corrected chi connectivity index (χ0v) is 16.4. The van der Waals surface area contributed by atoms with E-state index in [4.69, 9.17) is 4.98 Å². The van der Waals surface area contributed by atoms with Gasteiger partial charge in [0.25, 0.3) is 5.56 Å². The second-order valence-electron chi connectivity index (χ2n) is 7.56. The van der Waals surface area contributed by atoms with Crippen LogP contribution in [0.3, 0.4) is 0 Å². The van der Waals surface area contributed by atoms with Crippen molar-refractivity contribution in [3.8, 4) is 0 Å². The van der Waals surface area contributed by atoms with E-state index in [1.54, 1.807) is 10.8 Å². The van der Waals surface area contributed by atoms with E-state index in [0.717, 1.165) is 19.5 Å². The van der Waals surface area contributed by atoms with Crippen LogP contribution in [-0.2, 0) is 6.54 Å². The van der Waals surface area contributed by atoms with Gasteiger partial charge < -0.3 is 15.2 Å². The summed E-state index contributed by atoms with van der Waals surface area (Å²) in [4.78, 5) is 23.0. The fourth-order valence-electron chi connectivity index (χ4n) is 4.09. The van der Waals surface area contributed by atoms with Crippen LogP contribution in [0.1, 0.15) is 24.8 Å². The van der Waals surface area contributed by atoms with Crippen LogP contribution in [0.15, 0.2) is 59.5 Å². The summed E-state index contributed by atoms with van der Waals surface area (Å²) >= 11 is 0. The van der Waals surface area contributed by atoms with Crippen LogP contribution in [0.25, 0.3) is 11.0 Å². The fourth-order valence-corrected chi connectivity index (χ4v) is 4.09. The van der Waals surface area contributed by atoms with Crippen molar-refractivity contribution < 1.29 is 0 Å². The Balaban J connectivity index is 1.64. The van der Waals surface area contributed by atoms with Gasteiger partial charge in [-0.15, -0.1) is 0 Å². The smallest absolute Gasteiger partial charge is 0.279 e. The van der Waals surface area contributed by atoms with Gasteiger partial charge in [-0.2, -0.15) is 0 Å². The summed E-state index contributed by atoms with van der Waals surface area (Å²) in [5.41, 5.74) is 2.58. The summed E-state index contributed by atoms with van der Waals surface area (Å²) in [6.45, 7) is 4.43. The highest BCUT2D eigenvalue weighted by atomic mass is 16.1. The Bertz CT molecular complexity index is 1020. The minimum Gasteiger partial charge on any atom is -0.355 e. The molecule has 1 aromatic carbocycles. The van der Waals surface area contributed by atoms with Crippen molar-refractivity contribution in [1.82, 2.24) is 19.4 Å². The first-order valence-electron chi connectivity index (χ1n) is 9.85. The molecule has 0 saturated carbocycles. The summed E-state index contributed by atoms with van der Waals surface area (Å²) in [6, 6.07) is 12.7. The van der Waals surface area contributed by atoms with Crippen molar-refractivity contribution in [2.45, 2.75) is 31.8 Å². The molecule has 4 rings (SSSR count). The lowest BCUT2D eigenvalue weighted by Crippen LogP contribution is -2.44. The van der Waals surface area contributed by atoms with E-state index < -0.39 is 0 Å². The Kier molecular flexibility index (Phi) is 5.30. The molecule has 3 aromatic rings. The van der Waals surface area contributed by atoms with Crippen LogP contribution in [0.2, 0.25) is 0 Å². The van der Waals surface area contributed by atoms with Gasteiger partial charge in [-0.1, -0.05) is 42.5 Å². The second-order valence-corrected chi connectivity index (χ2v) is 7.56. The van der Waals surface area contributed by atoms with Crippen molar-refractivity contribution in [1.29, 1.82) is 0 Å². The lowest BCUT2D eigenvalue weighted by molar-refractivity contribution is 0.235. The number of aromatic nitrogens is 3. The lowest BCUT2D eigenvalue weighted by atomic mass is 9.88. The average Bonchev–Trinajstić information content (AvgIpc) is 3.17. The number of likely N-dealkylation sites (N-methyl/N-ethyl adjacent to an activating group) is 1. The van der Waals surface area contributed by atoms with Crippen molar-refractivity contribution in [2.24, 2.45) is 0 Å². The quantitative estimate of drug-likeness (QED) is 0.670. The topological polar surface area (TPSA) is 66.0 Å². The molecule has 6 nitrogen and oxygen atoms in total. The van der Waals surface area contributed by atoms with Crippen molar-refractivity contribution in [3.63, 3.8) is 0 Å². The molecule has 0 amide bonds. The Morgan fingerprint density at radius 2 is 2.07 bits per heavy atom. The first kappa shape index (κ1) is 18.5. The van der Waals surface area contributed by atoms with Crippen LogP contribution < -0.4 is 10.9 Å². The minimum atomic E-state index is -0.0422. The molecule has 2 atom stereocenters. The van der Waals surface area contributed by atoms with Gasteiger partial charge in [-0.05, 0) is 37.9 Å². The molecule has 1 saturated heterocycles. The third-order valence-electron chi connectivity index (χ3n) is 5.43. The van der Waals surface area contributed by atoms with E-state index in [-0.39, 0.29) is 11.6 Å². The number of allylic oxidation sites excluding steroid dienone is 2. The molecule has 0 bridgehead atoms. The third-order valence-corrected chi connectivity index (χ3v) is 5.43. The maximum atomic E-state index is 12.9. The first-order chi connectivity index (χ1) is 13.7. The van der Waals surface area contributed by atoms with Crippen LogP contribution in [0, 0.1) is 0 Å². The number of fused-ring (bicyclic) bond motifs is 1. The van der Waals surface area contributed by atoms with Gasteiger partial charge in [0, 0.05) is 31.9 Å². The van der Waals surface area contributed by atoms with E-state index in [1.165, 1.54) is 5.56 Å². The number of piperidine rings is 1. The van der Waals surface area contributed by atoms with E-state index in [0.29, 0.717) is 29.4 Å². The second kappa shape index (κ2) is 8.02.